The van der Waals surface area contributed by atoms with E-state index in [-0.39, 0.29) is 5.56 Å². The van der Waals surface area contributed by atoms with Gasteiger partial charge in [0.15, 0.2) is 5.65 Å². The lowest BCUT2D eigenvalue weighted by Crippen LogP contribution is -2.21. The van der Waals surface area contributed by atoms with Crippen molar-refractivity contribution in [2.45, 2.75) is 19.8 Å². The van der Waals surface area contributed by atoms with E-state index in [0.717, 1.165) is 12.0 Å². The zero-order valence-electron chi connectivity index (χ0n) is 11.6. The maximum Gasteiger partial charge on any atom is 0.276 e. The average Bonchev–Trinajstić information content (AvgIpc) is 2.94. The monoisotopic (exact) mass is 278 g/mol. The zero-order valence-corrected chi connectivity index (χ0v) is 11.6. The molecule has 0 bridgehead atoms. The highest BCUT2D eigenvalue weighted by Crippen LogP contribution is 2.21. The van der Waals surface area contributed by atoms with Crippen LogP contribution in [0.1, 0.15) is 24.5 Å². The lowest BCUT2D eigenvalue weighted by atomic mass is 10.0. The SMILES string of the molecule is CCCc1c(-c2ccccc2)nc2c(C#N)c[nH]n2c1=O. The van der Waals surface area contributed by atoms with E-state index in [4.69, 9.17) is 5.26 Å². The average molecular weight is 278 g/mol. The predicted octanol–water partition coefficient (Wildman–Crippen LogP) is 2.51. The minimum absolute atomic E-state index is 0.137. The van der Waals surface area contributed by atoms with E-state index in [1.54, 1.807) is 0 Å². The Kier molecular flexibility index (Phi) is 3.28. The molecule has 0 spiro atoms. The molecule has 5 heteroatoms. The summed E-state index contributed by atoms with van der Waals surface area (Å²) >= 11 is 0. The molecule has 3 rings (SSSR count). The first-order chi connectivity index (χ1) is 10.3. The van der Waals surface area contributed by atoms with Crippen LogP contribution < -0.4 is 5.56 Å². The van der Waals surface area contributed by atoms with E-state index in [1.165, 1.54) is 10.7 Å². The van der Waals surface area contributed by atoms with Crippen LogP contribution in [-0.4, -0.2) is 14.6 Å². The molecule has 0 saturated carbocycles. The molecule has 0 aliphatic heterocycles. The van der Waals surface area contributed by atoms with Crippen LogP contribution in [0.15, 0.2) is 41.3 Å². The van der Waals surface area contributed by atoms with Gasteiger partial charge in [-0.05, 0) is 6.42 Å². The Labute approximate surface area is 121 Å². The van der Waals surface area contributed by atoms with E-state index in [9.17, 15) is 4.79 Å². The number of aromatic amines is 1. The van der Waals surface area contributed by atoms with E-state index in [2.05, 4.69) is 16.2 Å². The number of fused-ring (bicyclic) bond motifs is 1. The van der Waals surface area contributed by atoms with Crippen LogP contribution in [0.3, 0.4) is 0 Å². The fourth-order valence-corrected chi connectivity index (χ4v) is 2.44. The number of benzene rings is 1. The molecule has 1 N–H and O–H groups in total. The molecule has 2 heterocycles. The summed E-state index contributed by atoms with van der Waals surface area (Å²) in [5.74, 6) is 0. The van der Waals surface area contributed by atoms with Gasteiger partial charge in [-0.25, -0.2) is 9.50 Å². The maximum atomic E-state index is 12.6. The molecule has 0 amide bonds. The largest absolute Gasteiger partial charge is 0.295 e. The first kappa shape index (κ1) is 13.1. The standard InChI is InChI=1S/C16H14N4O/c1-2-6-13-14(11-7-4-3-5-8-11)19-15-12(9-17)10-18-20(15)16(13)21/h3-5,7-8,10,18H,2,6H2,1H3. The molecule has 21 heavy (non-hydrogen) atoms. The molecule has 0 radical (unpaired) electrons. The highest BCUT2D eigenvalue weighted by atomic mass is 16.1. The fraction of sp³-hybridized carbons (Fsp3) is 0.188. The minimum Gasteiger partial charge on any atom is -0.295 e. The second-order valence-electron chi connectivity index (χ2n) is 4.82. The van der Waals surface area contributed by atoms with Crippen molar-refractivity contribution < 1.29 is 0 Å². The summed E-state index contributed by atoms with van der Waals surface area (Å²) in [6.07, 6.45) is 3.02. The van der Waals surface area contributed by atoms with Gasteiger partial charge in [0.1, 0.15) is 11.6 Å². The van der Waals surface area contributed by atoms with Crippen LogP contribution in [0.25, 0.3) is 16.9 Å². The van der Waals surface area contributed by atoms with Gasteiger partial charge in [-0.2, -0.15) is 5.26 Å². The number of rotatable bonds is 3. The topological polar surface area (TPSA) is 73.9 Å². The number of H-pyrrole nitrogens is 1. The Morgan fingerprint density at radius 3 is 2.76 bits per heavy atom. The molecular formula is C16H14N4O. The van der Waals surface area contributed by atoms with Crippen molar-refractivity contribution in [3.05, 3.63) is 58.0 Å². The number of nitrogens with zero attached hydrogens (tertiary/aromatic N) is 3. The summed E-state index contributed by atoms with van der Waals surface area (Å²) in [6, 6.07) is 11.7. The van der Waals surface area contributed by atoms with E-state index >= 15 is 0 Å². The maximum absolute atomic E-state index is 12.6. The Bertz CT molecular complexity index is 884. The molecule has 3 aromatic rings. The summed E-state index contributed by atoms with van der Waals surface area (Å²) < 4.78 is 1.34. The molecule has 0 atom stereocenters. The van der Waals surface area contributed by atoms with Crippen molar-refractivity contribution in [3.8, 4) is 17.3 Å². The molecule has 0 aliphatic rings. The van der Waals surface area contributed by atoms with Crippen molar-refractivity contribution in [1.82, 2.24) is 14.6 Å². The van der Waals surface area contributed by atoms with Crippen LogP contribution in [0.2, 0.25) is 0 Å². The van der Waals surface area contributed by atoms with Gasteiger partial charge in [0.25, 0.3) is 5.56 Å². The molecule has 2 aromatic heterocycles. The zero-order chi connectivity index (χ0) is 14.8. The van der Waals surface area contributed by atoms with Crippen LogP contribution >= 0.6 is 0 Å². The van der Waals surface area contributed by atoms with Gasteiger partial charge in [0.05, 0.1) is 5.69 Å². The van der Waals surface area contributed by atoms with Crippen molar-refractivity contribution in [1.29, 1.82) is 5.26 Å². The normalized spacial score (nSPS) is 10.7. The van der Waals surface area contributed by atoms with E-state index in [1.807, 2.05) is 37.3 Å². The van der Waals surface area contributed by atoms with Crippen LogP contribution in [0.4, 0.5) is 0 Å². The van der Waals surface area contributed by atoms with Crippen molar-refractivity contribution in [2.24, 2.45) is 0 Å². The highest BCUT2D eigenvalue weighted by Gasteiger charge is 2.16. The van der Waals surface area contributed by atoms with Crippen molar-refractivity contribution >= 4 is 5.65 Å². The van der Waals surface area contributed by atoms with Crippen molar-refractivity contribution in [2.75, 3.05) is 0 Å². The van der Waals surface area contributed by atoms with Gasteiger partial charge in [-0.3, -0.25) is 9.89 Å². The van der Waals surface area contributed by atoms with Gasteiger partial charge < -0.3 is 0 Å². The molecule has 1 aromatic carbocycles. The number of aromatic nitrogens is 3. The summed E-state index contributed by atoms with van der Waals surface area (Å²) in [5, 5.41) is 11.9. The van der Waals surface area contributed by atoms with E-state index < -0.39 is 0 Å². The van der Waals surface area contributed by atoms with Crippen LogP contribution in [0.5, 0.6) is 0 Å². The molecular weight excluding hydrogens is 264 g/mol. The third kappa shape index (κ3) is 2.11. The Hall–Kier alpha value is -2.87. The van der Waals surface area contributed by atoms with E-state index in [0.29, 0.717) is 28.9 Å². The third-order valence-corrected chi connectivity index (χ3v) is 3.42. The summed E-state index contributed by atoms with van der Waals surface area (Å²) in [7, 11) is 0. The first-order valence-corrected chi connectivity index (χ1v) is 6.84. The number of hydrogen-bond donors (Lipinski definition) is 1. The molecule has 5 nitrogen and oxygen atoms in total. The molecule has 104 valence electrons. The number of hydrogen-bond acceptors (Lipinski definition) is 3. The van der Waals surface area contributed by atoms with Gasteiger partial charge in [0.2, 0.25) is 0 Å². The second kappa shape index (κ2) is 5.25. The van der Waals surface area contributed by atoms with Gasteiger partial charge in [-0.15, -0.1) is 0 Å². The smallest absolute Gasteiger partial charge is 0.276 e. The molecule has 0 fully saturated rings. The van der Waals surface area contributed by atoms with Gasteiger partial charge in [-0.1, -0.05) is 43.7 Å². The third-order valence-electron chi connectivity index (χ3n) is 3.42. The molecule has 0 unspecified atom stereocenters. The summed E-state index contributed by atoms with van der Waals surface area (Å²) in [5.41, 5.74) is 2.84. The minimum atomic E-state index is -0.137. The van der Waals surface area contributed by atoms with Crippen LogP contribution in [-0.2, 0) is 6.42 Å². The van der Waals surface area contributed by atoms with Crippen molar-refractivity contribution in [3.63, 3.8) is 0 Å². The molecule has 0 saturated heterocycles. The Balaban J connectivity index is 2.38. The first-order valence-electron chi connectivity index (χ1n) is 6.84. The second-order valence-corrected chi connectivity index (χ2v) is 4.82. The highest BCUT2D eigenvalue weighted by molar-refractivity contribution is 5.67. The van der Waals surface area contributed by atoms with Crippen LogP contribution in [0, 0.1) is 11.3 Å². The molecule has 0 aliphatic carbocycles. The van der Waals surface area contributed by atoms with Gasteiger partial charge >= 0.3 is 0 Å². The van der Waals surface area contributed by atoms with Gasteiger partial charge in [0, 0.05) is 17.3 Å². The predicted molar refractivity (Wildman–Crippen MR) is 80.0 cm³/mol. The number of nitrogens with one attached hydrogen (secondary N) is 1. The number of nitriles is 1. The summed E-state index contributed by atoms with van der Waals surface area (Å²) in [6.45, 7) is 2.03. The summed E-state index contributed by atoms with van der Waals surface area (Å²) in [4.78, 5) is 17.2. The lowest BCUT2D eigenvalue weighted by molar-refractivity contribution is 0.835. The lowest BCUT2D eigenvalue weighted by Gasteiger charge is -2.08. The quantitative estimate of drug-likeness (QED) is 0.800. The Morgan fingerprint density at radius 1 is 1.33 bits per heavy atom. The Morgan fingerprint density at radius 2 is 2.10 bits per heavy atom. The fourth-order valence-electron chi connectivity index (χ4n) is 2.44.